The first kappa shape index (κ1) is 15.1. The van der Waals surface area contributed by atoms with Crippen LogP contribution in [0.2, 0.25) is 0 Å². The Morgan fingerprint density at radius 3 is 2.43 bits per heavy atom. The van der Waals surface area contributed by atoms with E-state index in [-0.39, 0.29) is 28.9 Å². The molecule has 0 aliphatic heterocycles. The Balaban J connectivity index is 2.18. The number of phenolic OH excluding ortho intramolecular Hbond substituents is 2. The summed E-state index contributed by atoms with van der Waals surface area (Å²) in [5.74, 6) is 0.730. The summed E-state index contributed by atoms with van der Waals surface area (Å²) in [5, 5.41) is 24.1. The summed E-state index contributed by atoms with van der Waals surface area (Å²) in [6, 6.07) is 12.0. The van der Waals surface area contributed by atoms with Gasteiger partial charge in [-0.2, -0.15) is 0 Å². The summed E-state index contributed by atoms with van der Waals surface area (Å²) in [5.41, 5.74) is 6.72. The van der Waals surface area contributed by atoms with Gasteiger partial charge in [0.05, 0.1) is 5.52 Å². The summed E-state index contributed by atoms with van der Waals surface area (Å²) in [7, 11) is 0. The minimum atomic E-state index is -0.0709. The molecule has 6 heteroatoms. The van der Waals surface area contributed by atoms with Crippen molar-refractivity contribution in [1.29, 1.82) is 0 Å². The molecule has 0 aliphatic rings. The molecule has 1 aromatic heterocycles. The van der Waals surface area contributed by atoms with Gasteiger partial charge in [0.15, 0.2) is 5.82 Å². The maximum atomic E-state index is 10.0. The van der Waals surface area contributed by atoms with Crippen LogP contribution in [-0.4, -0.2) is 32.8 Å². The highest BCUT2D eigenvalue weighted by molar-refractivity contribution is 5.91. The van der Waals surface area contributed by atoms with E-state index < -0.39 is 0 Å². The van der Waals surface area contributed by atoms with E-state index >= 15 is 0 Å². The van der Waals surface area contributed by atoms with Gasteiger partial charge in [-0.25, -0.2) is 9.97 Å². The molecule has 5 N–H and O–H groups in total. The maximum Gasteiger partial charge on any atom is 0.169 e. The quantitative estimate of drug-likeness (QED) is 0.590. The maximum absolute atomic E-state index is 10.0. The van der Waals surface area contributed by atoms with E-state index in [4.69, 9.17) is 5.73 Å². The molecule has 3 aromatic rings. The summed E-state index contributed by atoms with van der Waals surface area (Å²) >= 11 is 0. The molecule has 0 saturated carbocycles. The highest BCUT2D eigenvalue weighted by Crippen LogP contribution is 2.36. The van der Waals surface area contributed by atoms with Crippen molar-refractivity contribution in [1.82, 2.24) is 9.97 Å². The van der Waals surface area contributed by atoms with Gasteiger partial charge >= 0.3 is 0 Å². The van der Waals surface area contributed by atoms with Crippen LogP contribution in [0.4, 0.5) is 5.82 Å². The first-order valence-corrected chi connectivity index (χ1v) is 7.34. The minimum Gasteiger partial charge on any atom is -0.507 e. The Labute approximate surface area is 133 Å². The van der Waals surface area contributed by atoms with E-state index in [1.165, 1.54) is 12.1 Å². The number of para-hydroxylation sites is 1. The SMILES string of the molecule is C[C@@H](N)CNc1nc(-c2c(O)cccc2O)nc2ccccc12. The Hall–Kier alpha value is -2.86. The number of fused-ring (bicyclic) bond motifs is 1. The number of benzene rings is 2. The molecule has 0 bridgehead atoms. The molecule has 6 nitrogen and oxygen atoms in total. The first-order valence-electron chi connectivity index (χ1n) is 7.34. The van der Waals surface area contributed by atoms with Crippen LogP contribution in [0.1, 0.15) is 6.92 Å². The number of nitrogens with one attached hydrogen (secondary N) is 1. The van der Waals surface area contributed by atoms with E-state index in [1.807, 2.05) is 31.2 Å². The molecule has 0 saturated heterocycles. The first-order chi connectivity index (χ1) is 11.1. The summed E-state index contributed by atoms with van der Waals surface area (Å²) in [6.45, 7) is 2.44. The largest absolute Gasteiger partial charge is 0.507 e. The lowest BCUT2D eigenvalue weighted by atomic mass is 10.1. The normalized spacial score (nSPS) is 12.3. The van der Waals surface area contributed by atoms with Crippen LogP contribution in [0.5, 0.6) is 11.5 Å². The van der Waals surface area contributed by atoms with Crippen molar-refractivity contribution in [2.45, 2.75) is 13.0 Å². The van der Waals surface area contributed by atoms with Gasteiger partial charge in [0.1, 0.15) is 22.9 Å². The average molecular weight is 310 g/mol. The summed E-state index contributed by atoms with van der Waals surface area (Å²) in [4.78, 5) is 8.92. The molecule has 0 fully saturated rings. The number of hydrogen-bond acceptors (Lipinski definition) is 6. The van der Waals surface area contributed by atoms with E-state index in [1.54, 1.807) is 6.07 Å². The van der Waals surface area contributed by atoms with E-state index in [0.717, 1.165) is 5.39 Å². The van der Waals surface area contributed by atoms with Crippen molar-refractivity contribution in [2.24, 2.45) is 5.73 Å². The van der Waals surface area contributed by atoms with Crippen LogP contribution in [-0.2, 0) is 0 Å². The molecule has 1 atom stereocenters. The minimum absolute atomic E-state index is 0.0364. The van der Waals surface area contributed by atoms with Gasteiger partial charge in [-0.05, 0) is 31.2 Å². The highest BCUT2D eigenvalue weighted by atomic mass is 16.3. The Kier molecular flexibility index (Phi) is 3.99. The Bertz CT molecular complexity index is 829. The third-order valence-corrected chi connectivity index (χ3v) is 3.44. The van der Waals surface area contributed by atoms with Gasteiger partial charge in [0.2, 0.25) is 0 Å². The van der Waals surface area contributed by atoms with Crippen LogP contribution in [0, 0.1) is 0 Å². The number of phenols is 2. The predicted molar refractivity (Wildman–Crippen MR) is 90.4 cm³/mol. The van der Waals surface area contributed by atoms with Crippen molar-refractivity contribution in [2.75, 3.05) is 11.9 Å². The molecular weight excluding hydrogens is 292 g/mol. The van der Waals surface area contributed by atoms with Crippen LogP contribution in [0.15, 0.2) is 42.5 Å². The van der Waals surface area contributed by atoms with Crippen LogP contribution in [0.25, 0.3) is 22.3 Å². The zero-order chi connectivity index (χ0) is 16.4. The molecule has 0 unspecified atom stereocenters. The molecule has 118 valence electrons. The number of rotatable bonds is 4. The fourth-order valence-corrected chi connectivity index (χ4v) is 2.34. The fraction of sp³-hybridized carbons (Fsp3) is 0.176. The summed E-state index contributed by atoms with van der Waals surface area (Å²) in [6.07, 6.45) is 0. The second-order valence-corrected chi connectivity index (χ2v) is 5.44. The molecule has 23 heavy (non-hydrogen) atoms. The van der Waals surface area contributed by atoms with Crippen LogP contribution >= 0.6 is 0 Å². The smallest absolute Gasteiger partial charge is 0.169 e. The fourth-order valence-electron chi connectivity index (χ4n) is 2.34. The second-order valence-electron chi connectivity index (χ2n) is 5.44. The standard InChI is InChI=1S/C17H18N4O2/c1-10(18)9-19-16-11-5-2-3-6-12(11)20-17(21-16)15-13(22)7-4-8-14(15)23/h2-8,10,22-23H,9,18H2,1H3,(H,19,20,21)/t10-/m1/s1. The number of hydrogen-bond donors (Lipinski definition) is 4. The third-order valence-electron chi connectivity index (χ3n) is 3.44. The highest BCUT2D eigenvalue weighted by Gasteiger charge is 2.15. The van der Waals surface area contributed by atoms with Crippen molar-refractivity contribution in [3.05, 3.63) is 42.5 Å². The number of aromatic nitrogens is 2. The zero-order valence-electron chi connectivity index (χ0n) is 12.7. The van der Waals surface area contributed by atoms with Crippen molar-refractivity contribution >= 4 is 16.7 Å². The molecular formula is C17H18N4O2. The van der Waals surface area contributed by atoms with E-state index in [9.17, 15) is 10.2 Å². The van der Waals surface area contributed by atoms with Crippen LogP contribution in [0.3, 0.4) is 0 Å². The van der Waals surface area contributed by atoms with E-state index in [2.05, 4.69) is 15.3 Å². The van der Waals surface area contributed by atoms with Crippen molar-refractivity contribution in [3.8, 4) is 22.9 Å². The number of aromatic hydroxyl groups is 2. The molecule has 1 heterocycles. The van der Waals surface area contributed by atoms with Gasteiger partial charge in [-0.3, -0.25) is 0 Å². The number of nitrogens with two attached hydrogens (primary N) is 1. The Morgan fingerprint density at radius 2 is 1.74 bits per heavy atom. The summed E-state index contributed by atoms with van der Waals surface area (Å²) < 4.78 is 0. The lowest BCUT2D eigenvalue weighted by Gasteiger charge is -2.13. The molecule has 0 amide bonds. The predicted octanol–water partition coefficient (Wildman–Crippen LogP) is 2.47. The van der Waals surface area contributed by atoms with Gasteiger partial charge in [-0.1, -0.05) is 18.2 Å². The molecule has 2 aromatic carbocycles. The van der Waals surface area contributed by atoms with Crippen LogP contribution < -0.4 is 11.1 Å². The van der Waals surface area contributed by atoms with Gasteiger partial charge in [-0.15, -0.1) is 0 Å². The monoisotopic (exact) mass is 310 g/mol. The second kappa shape index (κ2) is 6.10. The molecule has 0 aliphatic carbocycles. The average Bonchev–Trinajstić information content (AvgIpc) is 2.52. The lowest BCUT2D eigenvalue weighted by Crippen LogP contribution is -2.25. The Morgan fingerprint density at radius 1 is 1.04 bits per heavy atom. The van der Waals surface area contributed by atoms with Crippen molar-refractivity contribution in [3.63, 3.8) is 0 Å². The van der Waals surface area contributed by atoms with Gasteiger partial charge in [0, 0.05) is 18.0 Å². The third kappa shape index (κ3) is 3.02. The van der Waals surface area contributed by atoms with Crippen molar-refractivity contribution < 1.29 is 10.2 Å². The zero-order valence-corrected chi connectivity index (χ0v) is 12.7. The number of nitrogens with zero attached hydrogens (tertiary/aromatic N) is 2. The lowest BCUT2D eigenvalue weighted by molar-refractivity contribution is 0.453. The number of anilines is 1. The molecule has 0 spiro atoms. The van der Waals surface area contributed by atoms with Gasteiger partial charge < -0.3 is 21.3 Å². The van der Waals surface area contributed by atoms with E-state index in [0.29, 0.717) is 17.9 Å². The van der Waals surface area contributed by atoms with Gasteiger partial charge in [0.25, 0.3) is 0 Å². The topological polar surface area (TPSA) is 104 Å². The molecule has 0 radical (unpaired) electrons. The molecule has 3 rings (SSSR count).